The highest BCUT2D eigenvalue weighted by Gasteiger charge is 2.41. The van der Waals surface area contributed by atoms with Gasteiger partial charge in [0.25, 0.3) is 0 Å². The molecule has 0 radical (unpaired) electrons. The van der Waals surface area contributed by atoms with Gasteiger partial charge in [0.2, 0.25) is 5.88 Å². The largest absolute Gasteiger partial charge is 0.507 e. The average Bonchev–Trinajstić information content (AvgIpc) is 3.19. The number of fused-ring (bicyclic) bond motifs is 2. The molecule has 3 aromatic rings. The first-order chi connectivity index (χ1) is 14.6. The number of alkyl halides is 1. The molecule has 9 heteroatoms. The molecule has 0 aliphatic carbocycles. The Morgan fingerprint density at radius 1 is 1.20 bits per heavy atom. The molecule has 0 spiro atoms. The highest BCUT2D eigenvalue weighted by Crippen LogP contribution is 2.32. The Labute approximate surface area is 173 Å². The molecule has 2 saturated heterocycles. The maximum absolute atomic E-state index is 14.7. The van der Waals surface area contributed by atoms with Crippen molar-refractivity contribution in [3.63, 3.8) is 0 Å². The number of rotatable bonds is 4. The number of hydrogen-bond acceptors (Lipinski definition) is 7. The number of ether oxygens (including phenoxy) is 1. The smallest absolute Gasteiger partial charge is 0.233 e. The Morgan fingerprint density at radius 2 is 2.10 bits per heavy atom. The number of piperidine rings is 2. The summed E-state index contributed by atoms with van der Waals surface area (Å²) < 4.78 is 22.2. The van der Waals surface area contributed by atoms with Crippen LogP contribution in [0, 0.1) is 0 Å². The van der Waals surface area contributed by atoms with E-state index in [9.17, 15) is 9.50 Å². The lowest BCUT2D eigenvalue weighted by molar-refractivity contribution is 0.00652. The minimum absolute atomic E-state index is 0.0434. The summed E-state index contributed by atoms with van der Waals surface area (Å²) in [6.07, 6.45) is 7.04. The average molecular weight is 410 g/mol. The molecule has 2 aliphatic rings. The van der Waals surface area contributed by atoms with Gasteiger partial charge in [-0.15, -0.1) is 10.2 Å². The summed E-state index contributed by atoms with van der Waals surface area (Å²) in [5.74, 6) is 0.327. The Balaban J connectivity index is 1.31. The fourth-order valence-corrected chi connectivity index (χ4v) is 4.31. The SMILES string of the molecule is Cn1cc(-c2cc(O)c(-c3ccc(O[C@@H]4CC5CCCC(N5)[C@@H]4F)nn3)cn2)cn1. The number of pyridine rings is 1. The number of aromatic nitrogens is 5. The molecule has 2 unspecified atom stereocenters. The van der Waals surface area contributed by atoms with E-state index in [2.05, 4.69) is 25.6 Å². The summed E-state index contributed by atoms with van der Waals surface area (Å²) in [5.41, 5.74) is 2.34. The lowest BCUT2D eigenvalue weighted by Crippen LogP contribution is -2.59. The third-order valence-electron chi connectivity index (χ3n) is 5.84. The normalized spacial score (nSPS) is 25.8. The molecule has 0 amide bonds. The summed E-state index contributed by atoms with van der Waals surface area (Å²) in [5, 5.41) is 26.1. The molecule has 2 aliphatic heterocycles. The van der Waals surface area contributed by atoms with E-state index in [0.717, 1.165) is 24.8 Å². The van der Waals surface area contributed by atoms with Gasteiger partial charge in [0, 0.05) is 55.6 Å². The van der Waals surface area contributed by atoms with Crippen LogP contribution in [0.4, 0.5) is 4.39 Å². The molecule has 2 fully saturated rings. The molecule has 8 nitrogen and oxygen atoms in total. The number of halogens is 1. The Morgan fingerprint density at radius 3 is 2.83 bits per heavy atom. The Hall–Kier alpha value is -3.07. The topological polar surface area (TPSA) is 98.0 Å². The van der Waals surface area contributed by atoms with Crippen molar-refractivity contribution >= 4 is 0 Å². The molecule has 0 aromatic carbocycles. The van der Waals surface area contributed by atoms with Crippen LogP contribution in [0.5, 0.6) is 11.6 Å². The maximum Gasteiger partial charge on any atom is 0.233 e. The van der Waals surface area contributed by atoms with Crippen LogP contribution in [0.3, 0.4) is 0 Å². The lowest BCUT2D eigenvalue weighted by atomic mass is 9.84. The molecule has 5 heterocycles. The molecule has 2 N–H and O–H groups in total. The molecule has 5 rings (SSSR count). The number of hydrogen-bond donors (Lipinski definition) is 2. The van der Waals surface area contributed by atoms with Crippen LogP contribution in [0.2, 0.25) is 0 Å². The summed E-state index contributed by atoms with van der Waals surface area (Å²) in [6.45, 7) is 0. The van der Waals surface area contributed by atoms with Crippen molar-refractivity contribution in [1.82, 2.24) is 30.3 Å². The van der Waals surface area contributed by atoms with Crippen molar-refractivity contribution in [2.24, 2.45) is 7.05 Å². The zero-order chi connectivity index (χ0) is 20.7. The Kier molecular flexibility index (Phi) is 4.82. The number of nitrogens with zero attached hydrogens (tertiary/aromatic N) is 5. The van der Waals surface area contributed by atoms with Crippen molar-refractivity contribution < 1.29 is 14.2 Å². The molecule has 156 valence electrons. The summed E-state index contributed by atoms with van der Waals surface area (Å²) in [6, 6.07) is 5.07. The fraction of sp³-hybridized carbons (Fsp3) is 0.429. The molecule has 3 aromatic heterocycles. The minimum Gasteiger partial charge on any atom is -0.507 e. The van der Waals surface area contributed by atoms with Gasteiger partial charge in [-0.1, -0.05) is 6.42 Å². The zero-order valence-electron chi connectivity index (χ0n) is 16.6. The van der Waals surface area contributed by atoms with Crippen LogP contribution in [-0.2, 0) is 7.05 Å². The second-order valence-corrected chi connectivity index (χ2v) is 7.98. The maximum atomic E-state index is 14.7. The van der Waals surface area contributed by atoms with Crippen LogP contribution < -0.4 is 10.1 Å². The third kappa shape index (κ3) is 3.60. The van der Waals surface area contributed by atoms with Crippen LogP contribution in [0.1, 0.15) is 25.7 Å². The molecule has 2 bridgehead atoms. The van der Waals surface area contributed by atoms with Gasteiger partial charge >= 0.3 is 0 Å². The van der Waals surface area contributed by atoms with Gasteiger partial charge in [0.05, 0.1) is 23.1 Å². The first-order valence-electron chi connectivity index (χ1n) is 10.2. The first-order valence-corrected chi connectivity index (χ1v) is 10.2. The zero-order valence-corrected chi connectivity index (χ0v) is 16.6. The second-order valence-electron chi connectivity index (χ2n) is 7.98. The molecule has 0 saturated carbocycles. The van der Waals surface area contributed by atoms with Gasteiger partial charge in [0.15, 0.2) is 6.17 Å². The van der Waals surface area contributed by atoms with Crippen LogP contribution in [0.25, 0.3) is 22.5 Å². The standard InChI is InChI=1S/C21H23FN6O2/c1-28-11-12(9-24-28)17-8-18(29)14(10-23-17)15-5-6-20(27-26-15)30-19-7-13-3-2-4-16(25-13)21(19)22/h5-6,8-11,13,16,19,21,25H,2-4,7H2,1H3,(H,23,29)/t13?,16?,19-,21+/m1/s1. The first kappa shape index (κ1) is 18.9. The second kappa shape index (κ2) is 7.64. The number of aromatic hydroxyl groups is 1. The number of aryl methyl sites for hydroxylation is 1. The van der Waals surface area contributed by atoms with Gasteiger partial charge in [-0.3, -0.25) is 9.67 Å². The minimum atomic E-state index is -1.06. The highest BCUT2D eigenvalue weighted by molar-refractivity contribution is 5.70. The quantitative estimate of drug-likeness (QED) is 0.682. The van der Waals surface area contributed by atoms with E-state index in [1.807, 2.05) is 13.2 Å². The molecular formula is C21H23FN6O2. The van der Waals surface area contributed by atoms with Crippen LogP contribution in [0.15, 0.2) is 36.8 Å². The van der Waals surface area contributed by atoms with Crippen molar-refractivity contribution in [2.75, 3.05) is 0 Å². The van der Waals surface area contributed by atoms with E-state index in [1.165, 1.54) is 0 Å². The molecule has 4 atom stereocenters. The summed E-state index contributed by atoms with van der Waals surface area (Å²) >= 11 is 0. The Bertz CT molecular complexity index is 1040. The summed E-state index contributed by atoms with van der Waals surface area (Å²) in [4.78, 5) is 4.39. The van der Waals surface area contributed by atoms with E-state index in [0.29, 0.717) is 29.4 Å². The predicted molar refractivity (Wildman–Crippen MR) is 108 cm³/mol. The van der Waals surface area contributed by atoms with Gasteiger partial charge in [-0.05, 0) is 18.9 Å². The summed E-state index contributed by atoms with van der Waals surface area (Å²) in [7, 11) is 1.82. The van der Waals surface area contributed by atoms with Crippen LogP contribution in [-0.4, -0.2) is 54.4 Å². The van der Waals surface area contributed by atoms with Crippen molar-refractivity contribution in [2.45, 2.75) is 50.0 Å². The highest BCUT2D eigenvalue weighted by atomic mass is 19.1. The van der Waals surface area contributed by atoms with Gasteiger partial charge in [-0.25, -0.2) is 4.39 Å². The van der Waals surface area contributed by atoms with Gasteiger partial charge in [0.1, 0.15) is 11.9 Å². The fourth-order valence-electron chi connectivity index (χ4n) is 4.31. The van der Waals surface area contributed by atoms with E-state index in [4.69, 9.17) is 4.74 Å². The lowest BCUT2D eigenvalue weighted by Gasteiger charge is -2.42. The van der Waals surface area contributed by atoms with Crippen molar-refractivity contribution in [3.8, 4) is 34.1 Å². The van der Waals surface area contributed by atoms with Gasteiger partial charge in [-0.2, -0.15) is 5.10 Å². The monoisotopic (exact) mass is 410 g/mol. The van der Waals surface area contributed by atoms with Gasteiger partial charge < -0.3 is 15.2 Å². The predicted octanol–water partition coefficient (Wildman–Crippen LogP) is 2.64. The van der Waals surface area contributed by atoms with E-state index in [-0.39, 0.29) is 17.7 Å². The van der Waals surface area contributed by atoms with E-state index < -0.39 is 12.3 Å². The number of nitrogens with one attached hydrogen (secondary N) is 1. The molecular weight excluding hydrogens is 387 g/mol. The van der Waals surface area contributed by atoms with Crippen molar-refractivity contribution in [3.05, 3.63) is 36.8 Å². The molecule has 30 heavy (non-hydrogen) atoms. The van der Waals surface area contributed by atoms with Crippen LogP contribution >= 0.6 is 0 Å². The third-order valence-corrected chi connectivity index (χ3v) is 5.84. The van der Waals surface area contributed by atoms with Crippen molar-refractivity contribution in [1.29, 1.82) is 0 Å². The van der Waals surface area contributed by atoms with E-state index >= 15 is 0 Å². The van der Waals surface area contributed by atoms with E-state index in [1.54, 1.807) is 35.3 Å².